The number of hydrogen-bond acceptors (Lipinski definition) is 6. The van der Waals surface area contributed by atoms with Crippen LogP contribution in [0.25, 0.3) is 11.1 Å². The minimum atomic E-state index is -0.578. The van der Waals surface area contributed by atoms with E-state index >= 15 is 0 Å². The summed E-state index contributed by atoms with van der Waals surface area (Å²) in [7, 11) is 1.55. The third kappa shape index (κ3) is 3.23. The zero-order valence-corrected chi connectivity index (χ0v) is 18.3. The van der Waals surface area contributed by atoms with Crippen molar-refractivity contribution in [2.75, 3.05) is 20.4 Å². The lowest BCUT2D eigenvalue weighted by molar-refractivity contribution is 0.0134. The Morgan fingerprint density at radius 3 is 2.58 bits per heavy atom. The maximum Gasteiger partial charge on any atom is 0.410 e. The smallest absolute Gasteiger partial charge is 0.410 e. The molecular weight excluding hydrogens is 398 g/mol. The van der Waals surface area contributed by atoms with Gasteiger partial charge in [0.1, 0.15) is 5.60 Å². The highest BCUT2D eigenvalue weighted by Gasteiger charge is 2.39. The van der Waals surface area contributed by atoms with Gasteiger partial charge in [-0.15, -0.1) is 0 Å². The number of amides is 1. The summed E-state index contributed by atoms with van der Waals surface area (Å²) in [6.45, 7) is 6.36. The van der Waals surface area contributed by atoms with Crippen molar-refractivity contribution in [1.82, 2.24) is 4.90 Å². The summed E-state index contributed by atoms with van der Waals surface area (Å²) >= 11 is 0. The van der Waals surface area contributed by atoms with Gasteiger partial charge in [0.25, 0.3) is 0 Å². The lowest BCUT2D eigenvalue weighted by atomic mass is 9.85. The Kier molecular flexibility index (Phi) is 4.46. The average Bonchev–Trinajstić information content (AvgIpc) is 3.09. The Hall–Kier alpha value is -3.09. The predicted octanol–water partition coefficient (Wildman–Crippen LogP) is 4.58. The Bertz CT molecular complexity index is 1070. The first kappa shape index (κ1) is 19.8. The molecule has 0 spiro atoms. The van der Waals surface area contributed by atoms with Crippen LogP contribution in [0.3, 0.4) is 0 Å². The Labute approximate surface area is 181 Å². The van der Waals surface area contributed by atoms with Gasteiger partial charge in [-0.3, -0.25) is 0 Å². The van der Waals surface area contributed by atoms with Gasteiger partial charge in [0.15, 0.2) is 23.0 Å². The number of ether oxygens (including phenoxy) is 4. The van der Waals surface area contributed by atoms with Gasteiger partial charge in [-0.2, -0.15) is 0 Å². The number of fused-ring (bicyclic) bond motifs is 3. The number of phenolic OH excluding ortho intramolecular Hbond substituents is 1. The predicted molar refractivity (Wildman–Crippen MR) is 114 cm³/mol. The van der Waals surface area contributed by atoms with Crippen LogP contribution in [-0.4, -0.2) is 42.1 Å². The van der Waals surface area contributed by atoms with Crippen molar-refractivity contribution in [3.63, 3.8) is 0 Å². The van der Waals surface area contributed by atoms with Gasteiger partial charge in [0, 0.05) is 12.1 Å². The summed E-state index contributed by atoms with van der Waals surface area (Å²) in [5.74, 6) is 1.89. The molecule has 164 valence electrons. The monoisotopic (exact) mass is 425 g/mol. The Balaban J connectivity index is 1.69. The van der Waals surface area contributed by atoms with Crippen LogP contribution in [0.15, 0.2) is 18.2 Å². The van der Waals surface area contributed by atoms with Gasteiger partial charge < -0.3 is 29.0 Å². The van der Waals surface area contributed by atoms with Crippen LogP contribution >= 0.6 is 0 Å². The molecule has 3 aliphatic rings. The van der Waals surface area contributed by atoms with E-state index in [1.165, 1.54) is 0 Å². The molecule has 7 nitrogen and oxygen atoms in total. The molecule has 5 rings (SSSR count). The molecule has 31 heavy (non-hydrogen) atoms. The summed E-state index contributed by atoms with van der Waals surface area (Å²) in [6.07, 6.45) is 1.78. The van der Waals surface area contributed by atoms with Crippen LogP contribution < -0.4 is 14.2 Å². The highest BCUT2D eigenvalue weighted by molar-refractivity contribution is 5.84. The number of phenols is 1. The quantitative estimate of drug-likeness (QED) is 0.721. The van der Waals surface area contributed by atoms with E-state index in [0.717, 1.165) is 35.1 Å². The fourth-order valence-corrected chi connectivity index (χ4v) is 4.84. The topological polar surface area (TPSA) is 77.5 Å². The van der Waals surface area contributed by atoms with Crippen molar-refractivity contribution in [3.05, 3.63) is 34.9 Å². The van der Waals surface area contributed by atoms with Gasteiger partial charge in [-0.05, 0) is 80.5 Å². The maximum atomic E-state index is 13.1. The number of carbonyl (C=O) groups is 1. The maximum absolute atomic E-state index is 13.1. The Morgan fingerprint density at radius 1 is 1.13 bits per heavy atom. The molecule has 0 radical (unpaired) electrons. The number of aryl methyl sites for hydroxylation is 1. The minimum absolute atomic E-state index is 0.0827. The number of aromatic hydroxyl groups is 1. The number of nitrogens with zero attached hydrogens (tertiary/aromatic N) is 1. The molecule has 2 aromatic carbocycles. The van der Waals surface area contributed by atoms with Crippen LogP contribution in [0.2, 0.25) is 0 Å². The second-order valence-corrected chi connectivity index (χ2v) is 9.22. The first-order chi connectivity index (χ1) is 14.8. The van der Waals surface area contributed by atoms with E-state index in [4.69, 9.17) is 18.9 Å². The van der Waals surface area contributed by atoms with Gasteiger partial charge >= 0.3 is 6.09 Å². The second kappa shape index (κ2) is 6.97. The van der Waals surface area contributed by atoms with Gasteiger partial charge in [0.2, 0.25) is 6.79 Å². The number of rotatable bonds is 1. The minimum Gasteiger partial charge on any atom is -0.504 e. The van der Waals surface area contributed by atoms with E-state index in [-0.39, 0.29) is 24.7 Å². The summed E-state index contributed by atoms with van der Waals surface area (Å²) in [4.78, 5) is 14.9. The molecule has 2 heterocycles. The van der Waals surface area contributed by atoms with Crippen LogP contribution in [-0.2, 0) is 17.6 Å². The molecule has 1 amide bonds. The lowest BCUT2D eigenvalue weighted by Crippen LogP contribution is -2.43. The summed E-state index contributed by atoms with van der Waals surface area (Å²) in [5.41, 5.74) is 4.12. The van der Waals surface area contributed by atoms with E-state index in [1.54, 1.807) is 12.0 Å². The van der Waals surface area contributed by atoms with Crippen molar-refractivity contribution in [1.29, 1.82) is 0 Å². The number of carbonyl (C=O) groups excluding carboxylic acids is 1. The molecule has 0 saturated carbocycles. The van der Waals surface area contributed by atoms with Crippen molar-refractivity contribution >= 4 is 6.09 Å². The summed E-state index contributed by atoms with van der Waals surface area (Å²) < 4.78 is 22.4. The number of hydrogen-bond donors (Lipinski definition) is 1. The fourth-order valence-electron chi connectivity index (χ4n) is 4.84. The van der Waals surface area contributed by atoms with Crippen LogP contribution in [0.5, 0.6) is 23.0 Å². The first-order valence-corrected chi connectivity index (χ1v) is 10.6. The van der Waals surface area contributed by atoms with Crippen molar-refractivity contribution < 1.29 is 28.8 Å². The van der Waals surface area contributed by atoms with Gasteiger partial charge in [-0.1, -0.05) is 0 Å². The van der Waals surface area contributed by atoms with E-state index in [9.17, 15) is 9.90 Å². The lowest BCUT2D eigenvalue weighted by Gasteiger charge is -2.38. The average molecular weight is 425 g/mol. The molecule has 1 N–H and O–H groups in total. The largest absolute Gasteiger partial charge is 0.504 e. The van der Waals surface area contributed by atoms with Crippen LogP contribution in [0.4, 0.5) is 4.79 Å². The Morgan fingerprint density at radius 2 is 1.87 bits per heavy atom. The van der Waals surface area contributed by atoms with E-state index in [0.29, 0.717) is 35.8 Å². The third-order valence-electron chi connectivity index (χ3n) is 6.13. The molecule has 0 aromatic heterocycles. The van der Waals surface area contributed by atoms with Crippen molar-refractivity contribution in [2.45, 2.75) is 51.7 Å². The number of methoxy groups -OCH3 is 1. The first-order valence-electron chi connectivity index (χ1n) is 10.6. The standard InChI is InChI=1S/C24H27NO6/c1-24(2,3)31-23(27)25-8-7-14-10-19(28-4)22(26)21-15-11-18-17(29-12-30-18)9-13(15)5-6-16(25)20(14)21/h9-11,16,26H,5-8,12H2,1-4H3. The summed E-state index contributed by atoms with van der Waals surface area (Å²) in [6, 6.07) is 5.61. The van der Waals surface area contributed by atoms with Crippen molar-refractivity contribution in [2.24, 2.45) is 0 Å². The third-order valence-corrected chi connectivity index (χ3v) is 6.13. The highest BCUT2D eigenvalue weighted by Crippen LogP contribution is 2.53. The molecule has 7 heteroatoms. The molecule has 1 aliphatic carbocycles. The van der Waals surface area contributed by atoms with Gasteiger partial charge in [0.05, 0.1) is 13.2 Å². The van der Waals surface area contributed by atoms with E-state index in [1.807, 2.05) is 39.0 Å². The SMILES string of the molecule is COc1cc2c3c(c1O)-c1cc4c(cc1CCC3N(C(=O)OC(C)(C)C)CC2)OCO4. The number of benzene rings is 2. The molecule has 1 unspecified atom stereocenters. The second-order valence-electron chi connectivity index (χ2n) is 9.22. The van der Waals surface area contributed by atoms with Gasteiger partial charge in [-0.25, -0.2) is 4.79 Å². The molecule has 2 aliphatic heterocycles. The van der Waals surface area contributed by atoms with Crippen molar-refractivity contribution in [3.8, 4) is 34.1 Å². The molecule has 0 saturated heterocycles. The van der Waals surface area contributed by atoms with E-state index in [2.05, 4.69) is 0 Å². The zero-order valence-electron chi connectivity index (χ0n) is 18.3. The summed E-state index contributed by atoms with van der Waals surface area (Å²) in [5, 5.41) is 11.2. The molecule has 0 bridgehead atoms. The zero-order chi connectivity index (χ0) is 21.9. The normalized spacial score (nSPS) is 18.7. The van der Waals surface area contributed by atoms with Crippen LogP contribution in [0.1, 0.15) is 49.9 Å². The van der Waals surface area contributed by atoms with E-state index < -0.39 is 5.60 Å². The van der Waals surface area contributed by atoms with Crippen LogP contribution in [0, 0.1) is 0 Å². The molecule has 0 fully saturated rings. The molecule has 2 aromatic rings. The molecule has 1 atom stereocenters. The molecular formula is C24H27NO6. The fraction of sp³-hybridized carbons (Fsp3) is 0.458. The highest BCUT2D eigenvalue weighted by atomic mass is 16.7.